The van der Waals surface area contributed by atoms with Gasteiger partial charge in [-0.3, -0.25) is 4.79 Å². The van der Waals surface area contributed by atoms with Gasteiger partial charge in [-0.25, -0.2) is 0 Å². The van der Waals surface area contributed by atoms with Crippen LogP contribution in [0.15, 0.2) is 18.2 Å². The van der Waals surface area contributed by atoms with Gasteiger partial charge in [-0.15, -0.1) is 0 Å². The van der Waals surface area contributed by atoms with Gasteiger partial charge >= 0.3 is 0 Å². The molecule has 3 heteroatoms. The normalized spacial score (nSPS) is 10.7. The largest absolute Gasteiger partial charge is 0.491 e. The third-order valence-corrected chi connectivity index (χ3v) is 3.07. The first-order chi connectivity index (χ1) is 9.06. The number of hydrogen-bond acceptors (Lipinski definition) is 3. The lowest BCUT2D eigenvalue weighted by atomic mass is 10.0. The average Bonchev–Trinajstić information content (AvgIpc) is 2.39. The van der Waals surface area contributed by atoms with E-state index in [-0.39, 0.29) is 11.7 Å². The molecule has 0 bridgehead atoms. The fraction of sp³-hybridized carbons (Fsp3) is 0.562. The van der Waals surface area contributed by atoms with E-state index in [4.69, 9.17) is 10.5 Å². The molecule has 1 rings (SSSR count). The molecule has 3 nitrogen and oxygen atoms in total. The van der Waals surface area contributed by atoms with Crippen LogP contribution in [0.25, 0.3) is 0 Å². The molecule has 0 aliphatic rings. The Morgan fingerprint density at radius 1 is 1.26 bits per heavy atom. The molecule has 0 atom stereocenters. The highest BCUT2D eigenvalue weighted by Gasteiger charge is 2.12. The Labute approximate surface area is 116 Å². The van der Waals surface area contributed by atoms with Crippen molar-refractivity contribution >= 4 is 11.5 Å². The summed E-state index contributed by atoms with van der Waals surface area (Å²) >= 11 is 0. The Balaban J connectivity index is 2.55. The van der Waals surface area contributed by atoms with Gasteiger partial charge in [-0.2, -0.15) is 0 Å². The van der Waals surface area contributed by atoms with Gasteiger partial charge in [0.05, 0.1) is 12.3 Å². The third kappa shape index (κ3) is 4.93. The number of nitrogen functional groups attached to an aromatic ring is 1. The van der Waals surface area contributed by atoms with E-state index in [2.05, 4.69) is 6.92 Å². The standard InChI is InChI=1S/C16H25NO2/c1-4-5-6-7-10-19-15-9-8-13(11-14(15)17)16(18)12(2)3/h8-9,11-12H,4-7,10,17H2,1-3H3. The second-order valence-corrected chi connectivity index (χ2v) is 5.18. The Bertz CT molecular complexity index is 413. The van der Waals surface area contributed by atoms with Crippen LogP contribution in [0.2, 0.25) is 0 Å². The summed E-state index contributed by atoms with van der Waals surface area (Å²) < 4.78 is 5.64. The van der Waals surface area contributed by atoms with Gasteiger partial charge in [0.25, 0.3) is 0 Å². The molecule has 0 radical (unpaired) electrons. The second-order valence-electron chi connectivity index (χ2n) is 5.18. The van der Waals surface area contributed by atoms with Crippen LogP contribution in [-0.4, -0.2) is 12.4 Å². The number of carbonyl (C=O) groups excluding carboxylic acids is 1. The average molecular weight is 263 g/mol. The zero-order chi connectivity index (χ0) is 14.3. The molecule has 1 aromatic rings. The minimum Gasteiger partial charge on any atom is -0.491 e. The maximum absolute atomic E-state index is 11.8. The summed E-state index contributed by atoms with van der Waals surface area (Å²) in [6, 6.07) is 5.30. The summed E-state index contributed by atoms with van der Waals surface area (Å²) in [5, 5.41) is 0. The van der Waals surface area contributed by atoms with Gasteiger partial charge in [0.15, 0.2) is 5.78 Å². The number of rotatable bonds is 8. The van der Waals surface area contributed by atoms with Gasteiger partial charge < -0.3 is 10.5 Å². The van der Waals surface area contributed by atoms with Crippen molar-refractivity contribution in [2.75, 3.05) is 12.3 Å². The first kappa shape index (κ1) is 15.5. The molecule has 0 saturated carbocycles. The lowest BCUT2D eigenvalue weighted by Crippen LogP contribution is -2.08. The van der Waals surface area contributed by atoms with E-state index >= 15 is 0 Å². The molecule has 0 aliphatic carbocycles. The minimum atomic E-state index is -0.0137. The van der Waals surface area contributed by atoms with Crippen molar-refractivity contribution in [3.63, 3.8) is 0 Å². The fourth-order valence-electron chi connectivity index (χ4n) is 1.88. The second kappa shape index (κ2) is 7.82. The smallest absolute Gasteiger partial charge is 0.165 e. The molecule has 0 aliphatic heterocycles. The number of ketones is 1. The van der Waals surface area contributed by atoms with E-state index in [1.54, 1.807) is 18.2 Å². The monoisotopic (exact) mass is 263 g/mol. The predicted octanol–water partition coefficient (Wildman–Crippen LogP) is 4.07. The quantitative estimate of drug-likeness (QED) is 0.437. The van der Waals surface area contributed by atoms with E-state index in [0.29, 0.717) is 23.6 Å². The maximum atomic E-state index is 11.8. The van der Waals surface area contributed by atoms with Crippen molar-refractivity contribution in [3.8, 4) is 5.75 Å². The predicted molar refractivity (Wildman–Crippen MR) is 79.7 cm³/mol. The molecule has 0 amide bonds. The van der Waals surface area contributed by atoms with E-state index in [9.17, 15) is 4.79 Å². The van der Waals surface area contributed by atoms with Crippen LogP contribution in [0.5, 0.6) is 5.75 Å². The number of benzene rings is 1. The van der Waals surface area contributed by atoms with E-state index in [1.807, 2.05) is 13.8 Å². The molecule has 0 fully saturated rings. The highest BCUT2D eigenvalue weighted by molar-refractivity contribution is 5.98. The number of Topliss-reactive ketones (excluding diaryl/α,β-unsaturated/α-hetero) is 1. The van der Waals surface area contributed by atoms with Gasteiger partial charge in [0, 0.05) is 11.5 Å². The van der Waals surface area contributed by atoms with Gasteiger partial charge in [0.1, 0.15) is 5.75 Å². The number of anilines is 1. The summed E-state index contributed by atoms with van der Waals surface area (Å²) in [6.45, 7) is 6.64. The van der Waals surface area contributed by atoms with Crippen LogP contribution >= 0.6 is 0 Å². The lowest BCUT2D eigenvalue weighted by molar-refractivity contribution is 0.0939. The number of ether oxygens (including phenoxy) is 1. The van der Waals surface area contributed by atoms with Crippen LogP contribution in [0.1, 0.15) is 56.8 Å². The van der Waals surface area contributed by atoms with Crippen LogP contribution < -0.4 is 10.5 Å². The molecule has 0 aromatic heterocycles. The van der Waals surface area contributed by atoms with Crippen molar-refractivity contribution < 1.29 is 9.53 Å². The zero-order valence-corrected chi connectivity index (χ0v) is 12.2. The molecule has 0 unspecified atom stereocenters. The summed E-state index contributed by atoms with van der Waals surface area (Å²) in [5.74, 6) is 0.776. The molecule has 0 saturated heterocycles. The lowest BCUT2D eigenvalue weighted by Gasteiger charge is -2.11. The van der Waals surface area contributed by atoms with Crippen LogP contribution in [0.3, 0.4) is 0 Å². The van der Waals surface area contributed by atoms with E-state index in [1.165, 1.54) is 19.3 Å². The summed E-state index contributed by atoms with van der Waals surface area (Å²) in [5.41, 5.74) is 7.12. The van der Waals surface area contributed by atoms with Crippen molar-refractivity contribution in [2.24, 2.45) is 5.92 Å². The number of carbonyl (C=O) groups is 1. The highest BCUT2D eigenvalue weighted by Crippen LogP contribution is 2.24. The third-order valence-electron chi connectivity index (χ3n) is 3.07. The number of nitrogens with two attached hydrogens (primary N) is 1. The first-order valence-corrected chi connectivity index (χ1v) is 7.12. The van der Waals surface area contributed by atoms with Crippen LogP contribution in [-0.2, 0) is 0 Å². The Kier molecular flexibility index (Phi) is 6.40. The Morgan fingerprint density at radius 2 is 2.00 bits per heavy atom. The Morgan fingerprint density at radius 3 is 2.58 bits per heavy atom. The highest BCUT2D eigenvalue weighted by atomic mass is 16.5. The molecule has 19 heavy (non-hydrogen) atoms. The van der Waals surface area contributed by atoms with Gasteiger partial charge in [0.2, 0.25) is 0 Å². The maximum Gasteiger partial charge on any atom is 0.165 e. The molecule has 0 spiro atoms. The molecule has 0 heterocycles. The number of hydrogen-bond donors (Lipinski definition) is 1. The first-order valence-electron chi connectivity index (χ1n) is 7.12. The number of unbranched alkanes of at least 4 members (excludes halogenated alkanes) is 3. The molecular formula is C16H25NO2. The van der Waals surface area contributed by atoms with Gasteiger partial charge in [-0.1, -0.05) is 40.0 Å². The Hall–Kier alpha value is -1.51. The zero-order valence-electron chi connectivity index (χ0n) is 12.2. The summed E-state index contributed by atoms with van der Waals surface area (Å²) in [7, 11) is 0. The summed E-state index contributed by atoms with van der Waals surface area (Å²) in [4.78, 5) is 11.8. The van der Waals surface area contributed by atoms with Crippen LogP contribution in [0.4, 0.5) is 5.69 Å². The van der Waals surface area contributed by atoms with Crippen molar-refractivity contribution in [2.45, 2.75) is 46.5 Å². The topological polar surface area (TPSA) is 52.3 Å². The molecule has 2 N–H and O–H groups in total. The van der Waals surface area contributed by atoms with Gasteiger partial charge in [-0.05, 0) is 24.6 Å². The molecule has 106 valence electrons. The van der Waals surface area contributed by atoms with E-state index < -0.39 is 0 Å². The minimum absolute atomic E-state index is 0.0137. The summed E-state index contributed by atoms with van der Waals surface area (Å²) in [6.07, 6.45) is 4.68. The SMILES string of the molecule is CCCCCCOc1ccc(C(=O)C(C)C)cc1N. The van der Waals surface area contributed by atoms with Crippen molar-refractivity contribution in [1.29, 1.82) is 0 Å². The van der Waals surface area contributed by atoms with E-state index in [0.717, 1.165) is 6.42 Å². The van der Waals surface area contributed by atoms with Crippen molar-refractivity contribution in [3.05, 3.63) is 23.8 Å². The van der Waals surface area contributed by atoms with Crippen LogP contribution in [0, 0.1) is 5.92 Å². The molecular weight excluding hydrogens is 238 g/mol. The molecule has 1 aromatic carbocycles. The van der Waals surface area contributed by atoms with Crippen molar-refractivity contribution in [1.82, 2.24) is 0 Å². The fourth-order valence-corrected chi connectivity index (χ4v) is 1.88.